The number of benzene rings is 1. The average Bonchev–Trinajstić information content (AvgIpc) is 2.10. The van der Waals surface area contributed by atoms with Crippen LogP contribution in [0.2, 0.25) is 5.02 Å². The first kappa shape index (κ1) is 13.3. The van der Waals surface area contributed by atoms with Gasteiger partial charge in [-0.2, -0.15) is 0 Å². The van der Waals surface area contributed by atoms with E-state index in [0.717, 1.165) is 7.14 Å². The zero-order valence-corrected chi connectivity index (χ0v) is 12.7. The monoisotopic (exact) mass is 452 g/mol. The first-order valence-corrected chi connectivity index (χ1v) is 6.49. The van der Waals surface area contributed by atoms with Crippen LogP contribution in [0.15, 0.2) is 12.1 Å². The van der Waals surface area contributed by atoms with Crippen molar-refractivity contribution in [2.24, 2.45) is 0 Å². The van der Waals surface area contributed by atoms with Crippen molar-refractivity contribution < 1.29 is 14.6 Å². The Morgan fingerprint density at radius 1 is 1.47 bits per heavy atom. The molecule has 0 aliphatic heterocycles. The number of hydrogen-bond donors (Lipinski definition) is 1. The molecule has 1 N–H and O–H groups in total. The van der Waals surface area contributed by atoms with Gasteiger partial charge >= 0.3 is 5.97 Å². The highest BCUT2D eigenvalue weighted by molar-refractivity contribution is 14.1. The molecule has 0 spiro atoms. The van der Waals surface area contributed by atoms with Crippen LogP contribution < -0.4 is 4.74 Å². The Hall–Kier alpha value is 0.240. The molecule has 0 fully saturated rings. The van der Waals surface area contributed by atoms with Gasteiger partial charge in [0.25, 0.3) is 0 Å². The average molecular weight is 452 g/mol. The number of carboxylic acid groups (broad SMARTS) is 1. The van der Waals surface area contributed by atoms with Crippen LogP contribution in [0.1, 0.15) is 6.92 Å². The Morgan fingerprint density at radius 3 is 2.33 bits per heavy atom. The summed E-state index contributed by atoms with van der Waals surface area (Å²) in [5.74, 6) is -0.424. The van der Waals surface area contributed by atoms with E-state index in [1.165, 1.54) is 6.92 Å². The van der Waals surface area contributed by atoms with Crippen molar-refractivity contribution in [1.29, 1.82) is 0 Å². The summed E-state index contributed by atoms with van der Waals surface area (Å²) in [4.78, 5) is 10.6. The highest BCUT2D eigenvalue weighted by Gasteiger charge is 2.16. The van der Waals surface area contributed by atoms with Crippen LogP contribution in [0.3, 0.4) is 0 Å². The molecular weight excluding hydrogens is 445 g/mol. The predicted molar refractivity (Wildman–Crippen MR) is 74.6 cm³/mol. The van der Waals surface area contributed by atoms with E-state index in [1.54, 1.807) is 12.1 Å². The van der Waals surface area contributed by atoms with Crippen LogP contribution in [-0.4, -0.2) is 17.2 Å². The molecule has 0 heterocycles. The minimum atomic E-state index is -0.989. The third-order valence-corrected chi connectivity index (χ3v) is 3.43. The van der Waals surface area contributed by atoms with Crippen LogP contribution in [0.25, 0.3) is 0 Å². The fourth-order valence-electron chi connectivity index (χ4n) is 0.869. The summed E-state index contributed by atoms with van der Waals surface area (Å²) in [6, 6.07) is 3.46. The summed E-state index contributed by atoms with van der Waals surface area (Å²) in [5.41, 5.74) is 0. The molecule has 3 nitrogen and oxygen atoms in total. The maximum absolute atomic E-state index is 10.6. The van der Waals surface area contributed by atoms with Crippen molar-refractivity contribution in [1.82, 2.24) is 0 Å². The molecule has 0 saturated heterocycles. The lowest BCUT2D eigenvalue weighted by atomic mass is 10.3. The molecule has 0 aliphatic rings. The van der Waals surface area contributed by atoms with E-state index in [9.17, 15) is 4.79 Å². The van der Waals surface area contributed by atoms with Crippen LogP contribution in [0.4, 0.5) is 0 Å². The molecule has 0 amide bonds. The number of carbonyl (C=O) groups is 1. The quantitative estimate of drug-likeness (QED) is 0.716. The zero-order valence-electron chi connectivity index (χ0n) is 7.63. The van der Waals surface area contributed by atoms with Crippen LogP contribution in [0.5, 0.6) is 5.75 Å². The highest BCUT2D eigenvalue weighted by Crippen LogP contribution is 2.31. The van der Waals surface area contributed by atoms with Crippen molar-refractivity contribution in [2.45, 2.75) is 13.0 Å². The van der Waals surface area contributed by atoms with Gasteiger partial charge in [-0.3, -0.25) is 0 Å². The van der Waals surface area contributed by atoms with E-state index in [0.29, 0.717) is 10.8 Å². The van der Waals surface area contributed by atoms with Crippen LogP contribution in [-0.2, 0) is 4.79 Å². The Balaban J connectivity index is 3.00. The third kappa shape index (κ3) is 3.63. The van der Waals surface area contributed by atoms with Gasteiger partial charge in [0.15, 0.2) is 6.10 Å². The summed E-state index contributed by atoms with van der Waals surface area (Å²) in [6.45, 7) is 1.49. The van der Waals surface area contributed by atoms with Crippen LogP contribution >= 0.6 is 56.8 Å². The highest BCUT2D eigenvalue weighted by atomic mass is 127. The zero-order chi connectivity index (χ0) is 11.6. The third-order valence-electron chi connectivity index (χ3n) is 1.61. The van der Waals surface area contributed by atoms with Crippen molar-refractivity contribution in [3.63, 3.8) is 0 Å². The number of halogens is 3. The fourth-order valence-corrected chi connectivity index (χ4v) is 3.48. The molecule has 15 heavy (non-hydrogen) atoms. The lowest BCUT2D eigenvalue weighted by Gasteiger charge is -2.13. The first-order chi connectivity index (χ1) is 6.91. The molecule has 6 heteroatoms. The topological polar surface area (TPSA) is 46.5 Å². The second-order valence-electron chi connectivity index (χ2n) is 2.80. The summed E-state index contributed by atoms with van der Waals surface area (Å²) in [5, 5.41) is 9.33. The first-order valence-electron chi connectivity index (χ1n) is 3.96. The Bertz CT molecular complexity index is 372. The van der Waals surface area contributed by atoms with Crippen molar-refractivity contribution in [3.05, 3.63) is 24.3 Å². The van der Waals surface area contributed by atoms with E-state index in [-0.39, 0.29) is 0 Å². The van der Waals surface area contributed by atoms with E-state index in [1.807, 2.05) is 0 Å². The molecule has 82 valence electrons. The summed E-state index contributed by atoms with van der Waals surface area (Å²) >= 11 is 9.96. The number of rotatable bonds is 3. The van der Waals surface area contributed by atoms with Crippen LogP contribution in [0, 0.1) is 7.14 Å². The van der Waals surface area contributed by atoms with Gasteiger partial charge in [0, 0.05) is 5.02 Å². The Kier molecular flexibility index (Phi) is 4.91. The molecule has 0 radical (unpaired) electrons. The predicted octanol–water partition coefficient (Wildman–Crippen LogP) is 3.40. The Morgan fingerprint density at radius 2 is 1.93 bits per heavy atom. The largest absolute Gasteiger partial charge is 0.479 e. The number of ether oxygens (including phenoxy) is 1. The standard InChI is InChI=1S/C9H7ClI2O3/c1-4(9(13)14)15-8-6(11)2-5(10)3-7(8)12/h2-4H,1H3,(H,13,14)/t4-/m0/s1. The minimum absolute atomic E-state index is 0.565. The maximum Gasteiger partial charge on any atom is 0.344 e. The number of aliphatic carboxylic acids is 1. The van der Waals surface area contributed by atoms with E-state index in [2.05, 4.69) is 45.2 Å². The Labute approximate surface area is 119 Å². The van der Waals surface area contributed by atoms with E-state index in [4.69, 9.17) is 21.4 Å². The summed E-state index contributed by atoms with van der Waals surface area (Å²) < 4.78 is 6.93. The van der Waals surface area contributed by atoms with Crippen molar-refractivity contribution >= 4 is 62.8 Å². The normalized spacial score (nSPS) is 12.3. The second kappa shape index (κ2) is 5.53. The number of hydrogen-bond acceptors (Lipinski definition) is 2. The molecule has 1 aromatic carbocycles. The van der Waals surface area contributed by atoms with Crippen molar-refractivity contribution in [3.8, 4) is 5.75 Å². The van der Waals surface area contributed by atoms with Gasteiger partial charge in [-0.1, -0.05) is 11.6 Å². The van der Waals surface area contributed by atoms with Gasteiger partial charge in [-0.25, -0.2) is 4.79 Å². The van der Waals surface area contributed by atoms with Gasteiger partial charge in [0.2, 0.25) is 0 Å². The molecule has 0 aliphatic carbocycles. The SMILES string of the molecule is C[C@H](Oc1c(I)cc(Cl)cc1I)C(=O)O. The van der Waals surface area contributed by atoms with E-state index >= 15 is 0 Å². The molecule has 1 rings (SSSR count). The molecular formula is C9H7ClI2O3. The molecule has 0 unspecified atom stereocenters. The summed E-state index contributed by atoms with van der Waals surface area (Å²) in [7, 11) is 0. The molecule has 1 aromatic rings. The smallest absolute Gasteiger partial charge is 0.344 e. The molecule has 0 bridgehead atoms. The van der Waals surface area contributed by atoms with Gasteiger partial charge in [-0.05, 0) is 64.2 Å². The molecule has 1 atom stereocenters. The molecule has 0 aromatic heterocycles. The maximum atomic E-state index is 10.6. The lowest BCUT2D eigenvalue weighted by molar-refractivity contribution is -0.144. The van der Waals surface area contributed by atoms with Crippen molar-refractivity contribution in [2.75, 3.05) is 0 Å². The van der Waals surface area contributed by atoms with E-state index < -0.39 is 12.1 Å². The van der Waals surface area contributed by atoms with Gasteiger partial charge in [0.1, 0.15) is 5.75 Å². The van der Waals surface area contributed by atoms with Gasteiger partial charge < -0.3 is 9.84 Å². The second-order valence-corrected chi connectivity index (χ2v) is 5.56. The molecule has 0 saturated carbocycles. The minimum Gasteiger partial charge on any atom is -0.479 e. The van der Waals surface area contributed by atoms with Gasteiger partial charge in [-0.15, -0.1) is 0 Å². The number of carboxylic acids is 1. The fraction of sp³-hybridized carbons (Fsp3) is 0.222. The lowest BCUT2D eigenvalue weighted by Crippen LogP contribution is -2.23. The summed E-state index contributed by atoms with van der Waals surface area (Å²) in [6.07, 6.45) is -0.867. The van der Waals surface area contributed by atoms with Gasteiger partial charge in [0.05, 0.1) is 7.14 Å².